The summed E-state index contributed by atoms with van der Waals surface area (Å²) in [6.07, 6.45) is 2.95. The third kappa shape index (κ3) is 4.73. The van der Waals surface area contributed by atoms with Gasteiger partial charge in [-0.25, -0.2) is 0 Å². The average molecular weight is 326 g/mol. The summed E-state index contributed by atoms with van der Waals surface area (Å²) in [4.78, 5) is 11.7. The second kappa shape index (κ2) is 9.20. The van der Waals surface area contributed by atoms with Crippen molar-refractivity contribution >= 4 is 5.91 Å². The molecule has 0 N–H and O–H groups in total. The minimum atomic E-state index is -0.435. The molecule has 5 heteroatoms. The fraction of sp³-hybridized carbons (Fsp3) is 0.615. The molecule has 1 aliphatic rings. The second-order valence-corrected chi connectivity index (χ2v) is 6.31. The van der Waals surface area contributed by atoms with Gasteiger partial charge in [0.25, 0.3) is 0 Å². The fourth-order valence-corrected chi connectivity index (χ4v) is 4.14. The van der Waals surface area contributed by atoms with Crippen molar-refractivity contribution in [3.05, 3.63) is 21.1 Å². The van der Waals surface area contributed by atoms with Crippen molar-refractivity contribution in [2.45, 2.75) is 41.0 Å². The topological polar surface area (TPSA) is 20.3 Å². The van der Waals surface area contributed by atoms with Crippen LogP contribution in [-0.2, 0) is 24.2 Å². The standard InChI is InChI=1S/C8H11.C5H11NO.2ClH.Ti/c1-6-4-7(2)8(3)5-6;1-3-5(7)6-4-2;;;/h4,6H,1-3H3;3-4H2,1-2H3,(H,6,7);2*1H;/q;;;;+3/p-3. The van der Waals surface area contributed by atoms with Crippen LogP contribution in [0.4, 0.5) is 0 Å². The third-order valence-corrected chi connectivity index (χ3v) is 6.10. The number of allylic oxidation sites excluding steroid dienone is 4. The largest absolute Gasteiger partial charge is 1.00 e. The molecule has 0 aliphatic heterocycles. The summed E-state index contributed by atoms with van der Waals surface area (Å²) in [7, 11) is 0. The Labute approximate surface area is 132 Å². The van der Waals surface area contributed by atoms with Crippen molar-refractivity contribution in [3.8, 4) is 0 Å². The zero-order chi connectivity index (χ0) is 12.3. The molecule has 0 saturated carbocycles. The van der Waals surface area contributed by atoms with E-state index in [0.29, 0.717) is 18.2 Å². The molecular formula is C13H21Cl2NOTi. The molecule has 2 nitrogen and oxygen atoms in total. The normalized spacial score (nSPS) is 17.4. The van der Waals surface area contributed by atoms with Gasteiger partial charge in [0.15, 0.2) is 0 Å². The van der Waals surface area contributed by atoms with Gasteiger partial charge in [0.05, 0.1) is 0 Å². The summed E-state index contributed by atoms with van der Waals surface area (Å²) < 4.78 is 3.60. The predicted molar refractivity (Wildman–Crippen MR) is 63.3 cm³/mol. The van der Waals surface area contributed by atoms with Crippen molar-refractivity contribution in [2.24, 2.45) is 5.92 Å². The van der Waals surface area contributed by atoms with E-state index in [1.54, 1.807) is 0 Å². The molecule has 0 aromatic heterocycles. The van der Waals surface area contributed by atoms with Gasteiger partial charge >= 0.3 is 108 Å². The Morgan fingerprint density at radius 2 is 1.89 bits per heavy atom. The number of amides is 1. The first-order valence-corrected chi connectivity index (χ1v) is 7.45. The van der Waals surface area contributed by atoms with Gasteiger partial charge in [-0.1, -0.05) is 0 Å². The molecule has 0 spiro atoms. The maximum Gasteiger partial charge on any atom is -1.00 e. The van der Waals surface area contributed by atoms with Gasteiger partial charge in [-0.05, 0) is 0 Å². The van der Waals surface area contributed by atoms with Crippen LogP contribution >= 0.6 is 0 Å². The zero-order valence-electron chi connectivity index (χ0n) is 11.7. The first-order valence-electron chi connectivity index (χ1n) is 5.97. The van der Waals surface area contributed by atoms with Crippen LogP contribution in [0.2, 0.25) is 0 Å². The van der Waals surface area contributed by atoms with E-state index in [1.807, 2.05) is 6.92 Å². The monoisotopic (exact) mass is 325 g/mol. The molecule has 0 bridgehead atoms. The SMILES string of the molecule is CCC(=O)[N](CC)[Ti+2][C]1=C(C)C(C)=CC1C.[Cl-].[Cl-]. The molecule has 0 fully saturated rings. The molecule has 1 unspecified atom stereocenters. The molecule has 1 atom stereocenters. The van der Waals surface area contributed by atoms with Gasteiger partial charge in [-0.15, -0.1) is 0 Å². The van der Waals surface area contributed by atoms with E-state index >= 15 is 0 Å². The zero-order valence-corrected chi connectivity index (χ0v) is 14.8. The molecule has 0 aromatic carbocycles. The van der Waals surface area contributed by atoms with Crippen LogP contribution < -0.4 is 24.8 Å². The molecule has 1 rings (SSSR count). The van der Waals surface area contributed by atoms with Gasteiger partial charge in [0, 0.05) is 0 Å². The number of nitrogens with zero attached hydrogens (tertiary/aromatic N) is 1. The van der Waals surface area contributed by atoms with Crippen LogP contribution in [0.25, 0.3) is 0 Å². The maximum atomic E-state index is 11.7. The third-order valence-electron chi connectivity index (χ3n) is 3.13. The van der Waals surface area contributed by atoms with Crippen LogP contribution in [-0.4, -0.2) is 15.8 Å². The Morgan fingerprint density at radius 1 is 1.33 bits per heavy atom. The van der Waals surface area contributed by atoms with E-state index in [0.717, 1.165) is 6.54 Å². The predicted octanol–water partition coefficient (Wildman–Crippen LogP) is -2.88. The average Bonchev–Trinajstić information content (AvgIpc) is 2.50. The van der Waals surface area contributed by atoms with E-state index in [4.69, 9.17) is 0 Å². The molecular weight excluding hydrogens is 305 g/mol. The Kier molecular flexibility index (Phi) is 10.5. The fourth-order valence-electron chi connectivity index (χ4n) is 1.98. The van der Waals surface area contributed by atoms with E-state index in [9.17, 15) is 4.79 Å². The summed E-state index contributed by atoms with van der Waals surface area (Å²) in [5, 5.41) is 0. The number of hydrogen-bond donors (Lipinski definition) is 0. The van der Waals surface area contributed by atoms with Crippen molar-refractivity contribution in [1.82, 2.24) is 3.38 Å². The first kappa shape index (κ1) is 20.6. The Bertz CT molecular complexity index is 353. The Morgan fingerprint density at radius 3 is 2.22 bits per heavy atom. The molecule has 0 radical (unpaired) electrons. The van der Waals surface area contributed by atoms with Crippen molar-refractivity contribution in [2.75, 3.05) is 6.54 Å². The molecule has 1 amide bonds. The Hall–Kier alpha value is 0.244. The van der Waals surface area contributed by atoms with E-state index in [-0.39, 0.29) is 24.8 Å². The minimum Gasteiger partial charge on any atom is -1.00 e. The van der Waals surface area contributed by atoms with Crippen LogP contribution in [0.1, 0.15) is 41.0 Å². The Balaban J connectivity index is 0. The second-order valence-electron chi connectivity index (χ2n) is 4.28. The van der Waals surface area contributed by atoms with Gasteiger partial charge in [0.1, 0.15) is 0 Å². The number of carbonyl (C=O) groups excluding carboxylic acids is 1. The summed E-state index contributed by atoms with van der Waals surface area (Å²) in [6, 6.07) is 0. The van der Waals surface area contributed by atoms with E-state index in [1.165, 1.54) is 15.0 Å². The van der Waals surface area contributed by atoms with Crippen molar-refractivity contribution < 1.29 is 49.0 Å². The number of halogens is 2. The molecule has 0 aromatic rings. The van der Waals surface area contributed by atoms with E-state index in [2.05, 4.69) is 37.2 Å². The summed E-state index contributed by atoms with van der Waals surface area (Å²) in [6.45, 7) is 11.5. The quantitative estimate of drug-likeness (QED) is 0.509. The van der Waals surface area contributed by atoms with Crippen LogP contribution in [0.5, 0.6) is 0 Å². The van der Waals surface area contributed by atoms with Crippen LogP contribution in [0.15, 0.2) is 21.1 Å². The molecule has 0 heterocycles. The van der Waals surface area contributed by atoms with Crippen molar-refractivity contribution in [1.29, 1.82) is 0 Å². The maximum absolute atomic E-state index is 11.7. The molecule has 0 saturated heterocycles. The smallest absolute Gasteiger partial charge is 1.00 e. The summed E-state index contributed by atoms with van der Waals surface area (Å²) in [5.41, 5.74) is 2.82. The van der Waals surface area contributed by atoms with Gasteiger partial charge < -0.3 is 24.8 Å². The molecule has 1 aliphatic carbocycles. The van der Waals surface area contributed by atoms with Crippen LogP contribution in [0, 0.1) is 5.92 Å². The number of hydrogen-bond acceptors (Lipinski definition) is 1. The van der Waals surface area contributed by atoms with Gasteiger partial charge in [-0.2, -0.15) is 0 Å². The number of carbonyl (C=O) groups is 1. The van der Waals surface area contributed by atoms with E-state index < -0.39 is 19.4 Å². The molecule has 18 heavy (non-hydrogen) atoms. The minimum absolute atomic E-state index is 0. The first-order chi connectivity index (χ1) is 7.51. The summed E-state index contributed by atoms with van der Waals surface area (Å²) in [5.74, 6) is 0.846. The number of rotatable bonds is 4. The van der Waals surface area contributed by atoms with Crippen LogP contribution in [0.3, 0.4) is 0 Å². The van der Waals surface area contributed by atoms with Gasteiger partial charge in [0.2, 0.25) is 0 Å². The molecule has 102 valence electrons. The summed E-state index contributed by atoms with van der Waals surface area (Å²) >= 11 is -0.435. The van der Waals surface area contributed by atoms with Gasteiger partial charge in [-0.3, -0.25) is 0 Å². The van der Waals surface area contributed by atoms with Crippen molar-refractivity contribution in [3.63, 3.8) is 0 Å².